The van der Waals surface area contributed by atoms with Crippen LogP contribution in [-0.4, -0.2) is 64.5 Å². The monoisotopic (exact) mass is 639 g/mol. The molecule has 0 saturated carbocycles. The van der Waals surface area contributed by atoms with E-state index in [0.717, 1.165) is 27.8 Å². The standard InChI is InChI=1S/C37H41N3O5S/c41-33(22-31(20-27-12-4-1-5-13-27)37(43)38-36-34-19-11-10-18-30(34)23-35(36)42)26-40-32(21-28-14-6-2-7-15-28)25-39(46(40,44)45)24-29-16-8-3-9-17-29/h1-19,31-33,35-36,41-42H,20-26H2,(H,38,43)/t31-,32+,33+,35-,36?/m1/s1. The minimum atomic E-state index is -3.89. The van der Waals surface area contributed by atoms with Crippen molar-refractivity contribution in [2.45, 2.75) is 56.5 Å². The van der Waals surface area contributed by atoms with Crippen LogP contribution in [0, 0.1) is 5.92 Å². The van der Waals surface area contributed by atoms with E-state index in [0.29, 0.717) is 25.8 Å². The van der Waals surface area contributed by atoms with Crippen LogP contribution in [0.1, 0.15) is 40.3 Å². The van der Waals surface area contributed by atoms with E-state index in [-0.39, 0.29) is 31.5 Å². The van der Waals surface area contributed by atoms with E-state index >= 15 is 0 Å². The van der Waals surface area contributed by atoms with E-state index < -0.39 is 34.4 Å². The summed E-state index contributed by atoms with van der Waals surface area (Å²) in [5.41, 5.74) is 4.74. The lowest BCUT2D eigenvalue weighted by Crippen LogP contribution is -2.44. The number of nitrogens with zero attached hydrogens (tertiary/aromatic N) is 2. The molecule has 0 radical (unpaired) electrons. The number of aliphatic hydroxyl groups is 2. The Labute approximate surface area is 271 Å². The molecule has 0 spiro atoms. The molecule has 1 aliphatic carbocycles. The number of β-amino-alcohol motifs (C(OH)–C–C–N with tert-alkyl or cyclic N) is 1. The Hall–Kier alpha value is -3.86. The Bertz CT molecular complexity index is 1710. The number of fused-ring (bicyclic) bond motifs is 1. The Morgan fingerprint density at radius 2 is 1.41 bits per heavy atom. The maximum absolute atomic E-state index is 14.0. The van der Waals surface area contributed by atoms with E-state index in [9.17, 15) is 23.4 Å². The van der Waals surface area contributed by atoms with E-state index in [1.165, 1.54) is 8.61 Å². The smallest absolute Gasteiger partial charge is 0.282 e. The first kappa shape index (κ1) is 32.1. The van der Waals surface area contributed by atoms with E-state index in [2.05, 4.69) is 5.32 Å². The van der Waals surface area contributed by atoms with Crippen LogP contribution >= 0.6 is 0 Å². The summed E-state index contributed by atoms with van der Waals surface area (Å²) >= 11 is 0. The van der Waals surface area contributed by atoms with Crippen molar-refractivity contribution in [1.82, 2.24) is 13.9 Å². The van der Waals surface area contributed by atoms with Crippen molar-refractivity contribution < 1.29 is 23.4 Å². The van der Waals surface area contributed by atoms with Gasteiger partial charge in [0.1, 0.15) is 0 Å². The second-order valence-electron chi connectivity index (χ2n) is 12.4. The Kier molecular flexibility index (Phi) is 9.96. The summed E-state index contributed by atoms with van der Waals surface area (Å²) < 4.78 is 30.8. The zero-order valence-corrected chi connectivity index (χ0v) is 26.5. The van der Waals surface area contributed by atoms with Crippen LogP contribution in [-0.2, 0) is 40.8 Å². The number of hydrogen-bond donors (Lipinski definition) is 3. The normalized spacial score (nSPS) is 22.3. The first-order valence-electron chi connectivity index (χ1n) is 15.9. The van der Waals surface area contributed by atoms with Gasteiger partial charge < -0.3 is 15.5 Å². The van der Waals surface area contributed by atoms with Crippen LogP contribution in [0.5, 0.6) is 0 Å². The third kappa shape index (κ3) is 7.40. The van der Waals surface area contributed by atoms with Crippen LogP contribution in [0.15, 0.2) is 115 Å². The third-order valence-corrected chi connectivity index (χ3v) is 11.1. The molecule has 0 bridgehead atoms. The molecule has 4 aromatic carbocycles. The lowest BCUT2D eigenvalue weighted by atomic mass is 9.92. The van der Waals surface area contributed by atoms with Gasteiger partial charge in [-0.25, -0.2) is 0 Å². The molecular weight excluding hydrogens is 598 g/mol. The van der Waals surface area contributed by atoms with Crippen LogP contribution in [0.4, 0.5) is 0 Å². The highest BCUT2D eigenvalue weighted by molar-refractivity contribution is 7.87. The van der Waals surface area contributed by atoms with Crippen molar-refractivity contribution >= 4 is 16.1 Å². The molecule has 0 aromatic heterocycles. The third-order valence-electron chi connectivity index (χ3n) is 9.10. The minimum Gasteiger partial charge on any atom is -0.392 e. The zero-order valence-electron chi connectivity index (χ0n) is 25.7. The first-order chi connectivity index (χ1) is 22.3. The average Bonchev–Trinajstić information content (AvgIpc) is 3.49. The van der Waals surface area contributed by atoms with Crippen molar-refractivity contribution in [2.75, 3.05) is 13.1 Å². The SMILES string of the molecule is O=C(NC1c2ccccc2C[C@H]1O)[C@H](Cc1ccccc1)C[C@H](O)CN1[C@@H](Cc2ccccc2)CN(Cc2ccccc2)S1(=O)=O. The molecule has 240 valence electrons. The van der Waals surface area contributed by atoms with E-state index in [1.54, 1.807) is 0 Å². The van der Waals surface area contributed by atoms with Crippen molar-refractivity contribution in [1.29, 1.82) is 0 Å². The first-order valence-corrected chi connectivity index (χ1v) is 17.3. The van der Waals surface area contributed by atoms with Gasteiger partial charge in [-0.15, -0.1) is 0 Å². The summed E-state index contributed by atoms with van der Waals surface area (Å²) in [5.74, 6) is -0.921. The highest BCUT2D eigenvalue weighted by atomic mass is 32.2. The molecule has 6 rings (SSSR count). The van der Waals surface area contributed by atoms with E-state index in [1.807, 2.05) is 115 Å². The zero-order chi connectivity index (χ0) is 32.1. The van der Waals surface area contributed by atoms with Gasteiger partial charge in [0.25, 0.3) is 10.2 Å². The summed E-state index contributed by atoms with van der Waals surface area (Å²) in [6.07, 6.45) is -0.437. The molecule has 1 amide bonds. The Morgan fingerprint density at radius 1 is 0.826 bits per heavy atom. The molecule has 4 aromatic rings. The predicted octanol–water partition coefficient (Wildman–Crippen LogP) is 4.04. The van der Waals surface area contributed by atoms with Crippen LogP contribution in [0.25, 0.3) is 0 Å². The quantitative estimate of drug-likeness (QED) is 0.217. The number of nitrogens with one attached hydrogen (secondary N) is 1. The number of amides is 1. The molecule has 8 nitrogen and oxygen atoms in total. The maximum Gasteiger partial charge on any atom is 0.282 e. The highest BCUT2D eigenvalue weighted by Gasteiger charge is 2.45. The topological polar surface area (TPSA) is 110 Å². The molecule has 2 aliphatic rings. The van der Waals surface area contributed by atoms with Crippen molar-refractivity contribution in [3.05, 3.63) is 143 Å². The van der Waals surface area contributed by atoms with Crippen molar-refractivity contribution in [3.8, 4) is 0 Å². The minimum absolute atomic E-state index is 0.0634. The average molecular weight is 640 g/mol. The fourth-order valence-electron chi connectivity index (χ4n) is 6.80. The summed E-state index contributed by atoms with van der Waals surface area (Å²) in [4.78, 5) is 13.8. The molecule has 1 saturated heterocycles. The molecule has 9 heteroatoms. The lowest BCUT2D eigenvalue weighted by Gasteiger charge is -2.28. The van der Waals surface area contributed by atoms with Crippen molar-refractivity contribution in [3.63, 3.8) is 0 Å². The van der Waals surface area contributed by atoms with Crippen LogP contribution in [0.2, 0.25) is 0 Å². The van der Waals surface area contributed by atoms with Gasteiger partial charge in [-0.3, -0.25) is 4.79 Å². The number of carbonyl (C=O) groups is 1. The predicted molar refractivity (Wildman–Crippen MR) is 178 cm³/mol. The number of aliphatic hydroxyl groups excluding tert-OH is 2. The Morgan fingerprint density at radius 3 is 2.09 bits per heavy atom. The fraction of sp³-hybridized carbons (Fsp3) is 0.324. The molecule has 46 heavy (non-hydrogen) atoms. The van der Waals surface area contributed by atoms with Gasteiger partial charge in [-0.2, -0.15) is 17.0 Å². The highest BCUT2D eigenvalue weighted by Crippen LogP contribution is 2.32. The maximum atomic E-state index is 14.0. The summed E-state index contributed by atoms with van der Waals surface area (Å²) in [6.45, 7) is 0.412. The second-order valence-corrected chi connectivity index (χ2v) is 14.3. The fourth-order valence-corrected chi connectivity index (χ4v) is 8.65. The summed E-state index contributed by atoms with van der Waals surface area (Å²) in [7, 11) is -3.89. The summed E-state index contributed by atoms with van der Waals surface area (Å²) in [6, 6.07) is 35.6. The molecule has 3 N–H and O–H groups in total. The number of hydrogen-bond acceptors (Lipinski definition) is 5. The van der Waals surface area contributed by atoms with Crippen LogP contribution < -0.4 is 5.32 Å². The van der Waals surface area contributed by atoms with Crippen molar-refractivity contribution in [2.24, 2.45) is 5.92 Å². The number of benzene rings is 4. The largest absolute Gasteiger partial charge is 0.392 e. The van der Waals surface area contributed by atoms with Gasteiger partial charge in [-0.05, 0) is 47.1 Å². The van der Waals surface area contributed by atoms with Gasteiger partial charge in [0, 0.05) is 38.0 Å². The molecule has 1 aliphatic heterocycles. The molecule has 1 heterocycles. The number of rotatable bonds is 12. The van der Waals surface area contributed by atoms with Gasteiger partial charge in [0.05, 0.1) is 18.2 Å². The lowest BCUT2D eigenvalue weighted by molar-refractivity contribution is -0.127. The Balaban J connectivity index is 1.21. The molecule has 1 unspecified atom stereocenters. The second kappa shape index (κ2) is 14.3. The molecular formula is C37H41N3O5S. The van der Waals surface area contributed by atoms with Gasteiger partial charge in [-0.1, -0.05) is 115 Å². The van der Waals surface area contributed by atoms with Gasteiger partial charge in [0.2, 0.25) is 5.91 Å². The van der Waals surface area contributed by atoms with Gasteiger partial charge >= 0.3 is 0 Å². The number of carbonyl (C=O) groups excluding carboxylic acids is 1. The van der Waals surface area contributed by atoms with Crippen LogP contribution in [0.3, 0.4) is 0 Å². The molecule has 1 fully saturated rings. The van der Waals surface area contributed by atoms with Gasteiger partial charge in [0.15, 0.2) is 0 Å². The summed E-state index contributed by atoms with van der Waals surface area (Å²) in [5, 5.41) is 25.4. The van der Waals surface area contributed by atoms with E-state index in [4.69, 9.17) is 0 Å². The molecule has 5 atom stereocenters.